The smallest absolute Gasteiger partial charge is 0.422 e. The van der Waals surface area contributed by atoms with E-state index in [0.717, 1.165) is 12.1 Å². The predicted octanol–water partition coefficient (Wildman–Crippen LogP) is 4.27. The lowest BCUT2D eigenvalue weighted by atomic mass is 9.92. The number of esters is 2. The number of ether oxygens (including phenoxy) is 2. The third-order valence-corrected chi connectivity index (χ3v) is 5.21. The zero-order valence-corrected chi connectivity index (χ0v) is 22.3. The minimum Gasteiger partial charge on any atom is -0.449 e. The molecular formula is C24H29ClF6N2O6. The molecule has 8 nitrogen and oxygen atoms in total. The Balaban J connectivity index is 0.000000584. The quantitative estimate of drug-likeness (QED) is 0.219. The van der Waals surface area contributed by atoms with E-state index in [2.05, 4.69) is 46.7 Å². The highest BCUT2D eigenvalue weighted by atomic mass is 35.5. The van der Waals surface area contributed by atoms with Gasteiger partial charge in [-0.3, -0.25) is 14.5 Å². The van der Waals surface area contributed by atoms with Crippen LogP contribution in [0.4, 0.5) is 26.3 Å². The van der Waals surface area contributed by atoms with Crippen LogP contribution in [0.15, 0.2) is 30.3 Å². The fraction of sp³-hybridized carbons (Fsp3) is 0.583. The second-order valence-corrected chi connectivity index (χ2v) is 10.2. The zero-order chi connectivity index (χ0) is 30.2. The van der Waals surface area contributed by atoms with Gasteiger partial charge in [-0.15, -0.1) is 0 Å². The number of hydrogen-bond donors (Lipinski definition) is 0. The highest BCUT2D eigenvalue weighted by Gasteiger charge is 2.40. The van der Waals surface area contributed by atoms with E-state index >= 15 is 0 Å². The Hall–Kier alpha value is -2.87. The normalized spacial score (nSPS) is 18.5. The fourth-order valence-electron chi connectivity index (χ4n) is 3.57. The van der Waals surface area contributed by atoms with E-state index in [1.807, 2.05) is 37.3 Å². The second kappa shape index (κ2) is 14.0. The van der Waals surface area contributed by atoms with Crippen LogP contribution >= 0.6 is 11.6 Å². The SMILES string of the molecule is C[C@@H]1CN(C(=O)C(=O)OCC(F)(F)F)[C@@H](c2ccccc2)CN1CC(C)(C)C.O=C(Cl)C(=O)OCC(F)(F)F. The van der Waals surface area contributed by atoms with Crippen molar-refractivity contribution < 1.29 is 55.0 Å². The summed E-state index contributed by atoms with van der Waals surface area (Å²) in [5, 5.41) is -1.57. The molecule has 1 saturated heterocycles. The van der Waals surface area contributed by atoms with Crippen molar-refractivity contribution in [2.24, 2.45) is 5.41 Å². The number of halogens is 7. The molecule has 0 unspecified atom stereocenters. The summed E-state index contributed by atoms with van der Waals surface area (Å²) in [7, 11) is 0. The molecule has 0 aromatic heterocycles. The number of rotatable bonds is 5. The molecule has 0 spiro atoms. The van der Waals surface area contributed by atoms with Crippen LogP contribution in [-0.2, 0) is 28.7 Å². The molecule has 1 amide bonds. The van der Waals surface area contributed by atoms with E-state index in [4.69, 9.17) is 0 Å². The first-order valence-electron chi connectivity index (χ1n) is 11.5. The van der Waals surface area contributed by atoms with Crippen LogP contribution in [0.5, 0.6) is 0 Å². The van der Waals surface area contributed by atoms with Crippen molar-refractivity contribution in [1.29, 1.82) is 0 Å². The van der Waals surface area contributed by atoms with Gasteiger partial charge in [0.15, 0.2) is 13.2 Å². The van der Waals surface area contributed by atoms with E-state index in [1.54, 1.807) is 0 Å². The number of amides is 1. The molecule has 0 N–H and O–H groups in total. The molecule has 1 heterocycles. The molecule has 1 aromatic carbocycles. The van der Waals surface area contributed by atoms with Crippen LogP contribution in [0.3, 0.4) is 0 Å². The molecule has 0 aliphatic carbocycles. The van der Waals surface area contributed by atoms with Crippen molar-refractivity contribution in [3.05, 3.63) is 35.9 Å². The summed E-state index contributed by atoms with van der Waals surface area (Å²) in [4.78, 5) is 47.9. The van der Waals surface area contributed by atoms with Gasteiger partial charge in [0.2, 0.25) is 0 Å². The molecule has 1 aromatic rings. The number of piperazine rings is 1. The molecule has 0 saturated carbocycles. The van der Waals surface area contributed by atoms with Crippen LogP contribution < -0.4 is 0 Å². The van der Waals surface area contributed by atoms with E-state index < -0.39 is 54.7 Å². The van der Waals surface area contributed by atoms with Crippen LogP contribution in [0.25, 0.3) is 0 Å². The van der Waals surface area contributed by atoms with Crippen LogP contribution in [0.2, 0.25) is 0 Å². The highest BCUT2D eigenvalue weighted by Crippen LogP contribution is 2.30. The number of nitrogens with zero attached hydrogens (tertiary/aromatic N) is 2. The summed E-state index contributed by atoms with van der Waals surface area (Å²) in [5.41, 5.74) is 0.859. The molecule has 2 rings (SSSR count). The van der Waals surface area contributed by atoms with E-state index in [1.165, 1.54) is 4.90 Å². The topological polar surface area (TPSA) is 93.2 Å². The first-order chi connectivity index (χ1) is 17.7. The molecule has 1 aliphatic heterocycles. The lowest BCUT2D eigenvalue weighted by Crippen LogP contribution is -2.57. The van der Waals surface area contributed by atoms with Gasteiger partial charge < -0.3 is 14.4 Å². The lowest BCUT2D eigenvalue weighted by molar-refractivity contribution is -0.190. The number of benzene rings is 1. The van der Waals surface area contributed by atoms with Gasteiger partial charge in [-0.1, -0.05) is 51.1 Å². The summed E-state index contributed by atoms with van der Waals surface area (Å²) < 4.78 is 78.3. The average Bonchev–Trinajstić information content (AvgIpc) is 2.80. The Bertz CT molecular complexity index is 998. The van der Waals surface area contributed by atoms with Crippen molar-refractivity contribution >= 4 is 34.7 Å². The Morgan fingerprint density at radius 1 is 0.872 bits per heavy atom. The molecule has 39 heavy (non-hydrogen) atoms. The Labute approximate surface area is 226 Å². The van der Waals surface area contributed by atoms with Crippen LogP contribution in [-0.4, -0.2) is 84.1 Å². The van der Waals surface area contributed by atoms with Crippen molar-refractivity contribution in [2.45, 2.75) is 52.1 Å². The maximum Gasteiger partial charge on any atom is 0.422 e. The molecule has 2 atom stereocenters. The van der Waals surface area contributed by atoms with E-state index in [-0.39, 0.29) is 18.0 Å². The summed E-state index contributed by atoms with van der Waals surface area (Å²) in [6, 6.07) is 8.70. The number of alkyl halides is 6. The molecule has 15 heteroatoms. The van der Waals surface area contributed by atoms with Crippen LogP contribution in [0.1, 0.15) is 39.3 Å². The van der Waals surface area contributed by atoms with Gasteiger partial charge in [-0.25, -0.2) is 9.59 Å². The van der Waals surface area contributed by atoms with Crippen molar-refractivity contribution in [3.8, 4) is 0 Å². The molecule has 0 bridgehead atoms. The summed E-state index contributed by atoms with van der Waals surface area (Å²) in [6.07, 6.45) is -9.31. The third kappa shape index (κ3) is 13.2. The standard InChI is InChI=1S/C20H27F3N2O3.C4H2ClF3O3/c1-14-10-25(17(26)18(27)28-13-20(21,22)23)16(15-8-6-5-7-9-15)11-24(14)12-19(2,3)4;5-2(9)3(10)11-1-4(6,7)8/h5-9,14,16H,10-13H2,1-4H3;1H2/t14-,16-;/m1./s1. The Morgan fingerprint density at radius 2 is 1.36 bits per heavy atom. The van der Waals surface area contributed by atoms with Gasteiger partial charge in [0.25, 0.3) is 0 Å². The monoisotopic (exact) mass is 590 g/mol. The lowest BCUT2D eigenvalue weighted by Gasteiger charge is -2.46. The molecular weight excluding hydrogens is 562 g/mol. The second-order valence-electron chi connectivity index (χ2n) is 9.88. The summed E-state index contributed by atoms with van der Waals surface area (Å²) in [5.74, 6) is -4.22. The molecule has 1 aliphatic rings. The average molecular weight is 591 g/mol. The van der Waals surface area contributed by atoms with Crippen LogP contribution in [0, 0.1) is 5.41 Å². The van der Waals surface area contributed by atoms with Crippen molar-refractivity contribution in [2.75, 3.05) is 32.8 Å². The fourth-order valence-corrected chi connectivity index (χ4v) is 3.63. The number of carbonyl (C=O) groups excluding carboxylic acids is 4. The van der Waals surface area contributed by atoms with Gasteiger partial charge in [0.05, 0.1) is 6.04 Å². The van der Waals surface area contributed by atoms with Crippen molar-refractivity contribution in [1.82, 2.24) is 9.80 Å². The third-order valence-electron chi connectivity index (χ3n) is 5.06. The maximum atomic E-state index is 12.6. The molecule has 1 fully saturated rings. The predicted molar refractivity (Wildman–Crippen MR) is 126 cm³/mol. The first-order valence-corrected chi connectivity index (χ1v) is 11.8. The minimum absolute atomic E-state index is 0.0350. The molecule has 220 valence electrons. The van der Waals surface area contributed by atoms with Gasteiger partial charge >= 0.3 is 35.4 Å². The summed E-state index contributed by atoms with van der Waals surface area (Å²) >= 11 is 4.48. The highest BCUT2D eigenvalue weighted by molar-refractivity contribution is 6.80. The Morgan fingerprint density at radius 3 is 1.79 bits per heavy atom. The van der Waals surface area contributed by atoms with Gasteiger partial charge in [0.1, 0.15) is 0 Å². The zero-order valence-electron chi connectivity index (χ0n) is 21.6. The largest absolute Gasteiger partial charge is 0.449 e. The van der Waals surface area contributed by atoms with Gasteiger partial charge in [-0.2, -0.15) is 26.3 Å². The van der Waals surface area contributed by atoms with Gasteiger partial charge in [-0.05, 0) is 29.5 Å². The van der Waals surface area contributed by atoms with Crippen molar-refractivity contribution in [3.63, 3.8) is 0 Å². The maximum absolute atomic E-state index is 12.6. The number of carbonyl (C=O) groups is 4. The first kappa shape index (κ1) is 34.2. The minimum atomic E-state index is -4.67. The van der Waals surface area contributed by atoms with E-state index in [9.17, 15) is 45.5 Å². The number of hydrogen-bond acceptors (Lipinski definition) is 7. The summed E-state index contributed by atoms with van der Waals surface area (Å²) in [6.45, 7) is 6.22. The van der Waals surface area contributed by atoms with E-state index in [0.29, 0.717) is 6.54 Å². The molecule has 0 radical (unpaired) electrons. The Kier molecular flexibility index (Phi) is 12.2. The van der Waals surface area contributed by atoms with Gasteiger partial charge in [0, 0.05) is 25.7 Å².